The Bertz CT molecular complexity index is 847. The van der Waals surface area contributed by atoms with Crippen LogP contribution >= 0.6 is 0 Å². The van der Waals surface area contributed by atoms with Crippen molar-refractivity contribution in [2.75, 3.05) is 11.5 Å². The van der Waals surface area contributed by atoms with Gasteiger partial charge in [-0.2, -0.15) is 0 Å². The zero-order valence-corrected chi connectivity index (χ0v) is 16.1. The third kappa shape index (κ3) is 3.97. The summed E-state index contributed by atoms with van der Waals surface area (Å²) in [7, 11) is 0. The number of unbranched alkanes of at least 4 members (excludes halogenated alkanes) is 1. The second-order valence-electron chi connectivity index (χ2n) is 6.88. The highest BCUT2D eigenvalue weighted by molar-refractivity contribution is 6.06. The van der Waals surface area contributed by atoms with Crippen molar-refractivity contribution in [3.63, 3.8) is 0 Å². The summed E-state index contributed by atoms with van der Waals surface area (Å²) < 4.78 is 5.92. The molecule has 1 N–H and O–H groups in total. The predicted octanol–water partition coefficient (Wildman–Crippen LogP) is 3.90. The summed E-state index contributed by atoms with van der Waals surface area (Å²) in [6.07, 6.45) is 2.06. The predicted molar refractivity (Wildman–Crippen MR) is 106 cm³/mol. The fourth-order valence-electron chi connectivity index (χ4n) is 3.45. The zero-order valence-electron chi connectivity index (χ0n) is 16.1. The van der Waals surface area contributed by atoms with E-state index in [1.54, 1.807) is 4.90 Å². The van der Waals surface area contributed by atoms with Crippen molar-refractivity contribution in [2.45, 2.75) is 46.2 Å². The van der Waals surface area contributed by atoms with E-state index in [1.807, 2.05) is 49.4 Å². The first kappa shape index (κ1) is 19.0. The second kappa shape index (κ2) is 8.25. The molecule has 1 atom stereocenters. The molecule has 0 bridgehead atoms. The topological polar surface area (TPSA) is 58.6 Å². The number of hydrogen-bond donors (Lipinski definition) is 1. The standard InChI is InChI=1S/C22H26N2O3/c1-4-5-13-27-19-12-7-6-10-17(19)14-24-21-15(2)9-8-11-18(21)20(22(24)26)23-16(3)25/h6-12,20H,4-5,13-14H2,1-3H3,(H,23,25)/t20-/m1/s1. The van der Waals surface area contributed by atoms with Gasteiger partial charge in [0, 0.05) is 18.1 Å². The van der Waals surface area contributed by atoms with Gasteiger partial charge in [0.05, 0.1) is 18.8 Å². The summed E-state index contributed by atoms with van der Waals surface area (Å²) >= 11 is 0. The van der Waals surface area contributed by atoms with Gasteiger partial charge < -0.3 is 15.0 Å². The fourth-order valence-corrected chi connectivity index (χ4v) is 3.45. The van der Waals surface area contributed by atoms with Gasteiger partial charge in [0.1, 0.15) is 11.8 Å². The highest BCUT2D eigenvalue weighted by Gasteiger charge is 2.38. The molecule has 142 valence electrons. The molecule has 0 spiro atoms. The second-order valence-corrected chi connectivity index (χ2v) is 6.88. The molecule has 27 heavy (non-hydrogen) atoms. The normalized spacial score (nSPS) is 15.6. The number of carbonyl (C=O) groups excluding carboxylic acids is 2. The minimum Gasteiger partial charge on any atom is -0.493 e. The lowest BCUT2D eigenvalue weighted by Gasteiger charge is -2.21. The summed E-state index contributed by atoms with van der Waals surface area (Å²) in [6, 6.07) is 13.0. The van der Waals surface area contributed by atoms with E-state index in [0.29, 0.717) is 13.2 Å². The largest absolute Gasteiger partial charge is 0.493 e. The van der Waals surface area contributed by atoms with E-state index in [0.717, 1.165) is 41.0 Å². The van der Waals surface area contributed by atoms with Gasteiger partial charge in [-0.25, -0.2) is 0 Å². The van der Waals surface area contributed by atoms with Crippen LogP contribution in [0.4, 0.5) is 5.69 Å². The lowest BCUT2D eigenvalue weighted by Crippen LogP contribution is -2.36. The number of nitrogens with zero attached hydrogens (tertiary/aromatic N) is 1. The maximum atomic E-state index is 13.1. The Kier molecular flexibility index (Phi) is 5.79. The number of fused-ring (bicyclic) bond motifs is 1. The maximum Gasteiger partial charge on any atom is 0.254 e. The molecule has 0 radical (unpaired) electrons. The van der Waals surface area contributed by atoms with Crippen LogP contribution in [0, 0.1) is 6.92 Å². The number of carbonyl (C=O) groups is 2. The molecule has 0 saturated heterocycles. The van der Waals surface area contributed by atoms with Crippen LogP contribution in [0.15, 0.2) is 42.5 Å². The van der Waals surface area contributed by atoms with Crippen molar-refractivity contribution in [3.05, 3.63) is 59.2 Å². The van der Waals surface area contributed by atoms with Crippen LogP contribution in [0.1, 0.15) is 49.4 Å². The Morgan fingerprint density at radius 3 is 2.70 bits per heavy atom. The third-order valence-corrected chi connectivity index (χ3v) is 4.77. The van der Waals surface area contributed by atoms with E-state index in [4.69, 9.17) is 4.74 Å². The van der Waals surface area contributed by atoms with Crippen LogP contribution in [0.3, 0.4) is 0 Å². The summed E-state index contributed by atoms with van der Waals surface area (Å²) in [5.74, 6) is 0.473. The maximum absolute atomic E-state index is 13.1. The van der Waals surface area contributed by atoms with Crippen LogP contribution in [-0.4, -0.2) is 18.4 Å². The first-order valence-corrected chi connectivity index (χ1v) is 9.41. The number of benzene rings is 2. The van der Waals surface area contributed by atoms with E-state index in [2.05, 4.69) is 12.2 Å². The van der Waals surface area contributed by atoms with Crippen LogP contribution < -0.4 is 15.0 Å². The number of anilines is 1. The van der Waals surface area contributed by atoms with Crippen molar-refractivity contribution >= 4 is 17.5 Å². The molecular formula is C22H26N2O3. The van der Waals surface area contributed by atoms with Gasteiger partial charge in [0.15, 0.2) is 0 Å². The number of ether oxygens (including phenoxy) is 1. The van der Waals surface area contributed by atoms with E-state index in [1.165, 1.54) is 6.92 Å². The highest BCUT2D eigenvalue weighted by Crippen LogP contribution is 2.40. The molecule has 2 aromatic carbocycles. The molecule has 0 unspecified atom stereocenters. The van der Waals surface area contributed by atoms with Gasteiger partial charge in [-0.15, -0.1) is 0 Å². The minimum atomic E-state index is -0.634. The molecule has 0 aliphatic carbocycles. The summed E-state index contributed by atoms with van der Waals surface area (Å²) in [5.41, 5.74) is 3.70. The number of rotatable bonds is 7. The quantitative estimate of drug-likeness (QED) is 0.756. The lowest BCUT2D eigenvalue weighted by molar-refractivity contribution is -0.126. The number of aryl methyl sites for hydroxylation is 1. The molecule has 3 rings (SSSR count). The van der Waals surface area contributed by atoms with E-state index in [-0.39, 0.29) is 11.8 Å². The third-order valence-electron chi connectivity index (χ3n) is 4.77. The van der Waals surface area contributed by atoms with Crippen LogP contribution in [0.25, 0.3) is 0 Å². The monoisotopic (exact) mass is 366 g/mol. The molecule has 2 amide bonds. The number of nitrogens with one attached hydrogen (secondary N) is 1. The Morgan fingerprint density at radius 2 is 1.96 bits per heavy atom. The molecule has 5 nitrogen and oxygen atoms in total. The van der Waals surface area contributed by atoms with E-state index < -0.39 is 6.04 Å². The smallest absolute Gasteiger partial charge is 0.254 e. The van der Waals surface area contributed by atoms with Crippen molar-refractivity contribution < 1.29 is 14.3 Å². The SMILES string of the molecule is CCCCOc1ccccc1CN1C(=O)[C@H](NC(C)=O)c2cccc(C)c21. The minimum absolute atomic E-state index is 0.113. The lowest BCUT2D eigenvalue weighted by atomic mass is 10.0. The van der Waals surface area contributed by atoms with E-state index >= 15 is 0 Å². The molecule has 0 fully saturated rings. The zero-order chi connectivity index (χ0) is 19.4. The Morgan fingerprint density at radius 1 is 1.19 bits per heavy atom. The highest BCUT2D eigenvalue weighted by atomic mass is 16.5. The number of para-hydroxylation sites is 2. The van der Waals surface area contributed by atoms with E-state index in [9.17, 15) is 9.59 Å². The van der Waals surface area contributed by atoms with Crippen molar-refractivity contribution in [1.82, 2.24) is 5.32 Å². The van der Waals surface area contributed by atoms with Crippen LogP contribution in [0.2, 0.25) is 0 Å². The van der Waals surface area contributed by atoms with Gasteiger partial charge in [-0.05, 0) is 25.0 Å². The van der Waals surface area contributed by atoms with Crippen molar-refractivity contribution in [3.8, 4) is 5.75 Å². The first-order chi connectivity index (χ1) is 13.0. The Balaban J connectivity index is 1.92. The molecule has 1 heterocycles. The number of amides is 2. The summed E-state index contributed by atoms with van der Waals surface area (Å²) in [6.45, 7) is 6.61. The van der Waals surface area contributed by atoms with Gasteiger partial charge in [-0.1, -0.05) is 49.7 Å². The number of hydrogen-bond acceptors (Lipinski definition) is 3. The summed E-state index contributed by atoms with van der Waals surface area (Å²) in [5, 5.41) is 2.79. The molecule has 0 aromatic heterocycles. The average Bonchev–Trinajstić information content (AvgIpc) is 2.90. The Hall–Kier alpha value is -2.82. The molecule has 0 saturated carbocycles. The molecular weight excluding hydrogens is 340 g/mol. The Labute approximate surface area is 160 Å². The van der Waals surface area contributed by atoms with Crippen molar-refractivity contribution in [1.29, 1.82) is 0 Å². The van der Waals surface area contributed by atoms with Crippen LogP contribution in [0.5, 0.6) is 5.75 Å². The molecule has 1 aliphatic heterocycles. The van der Waals surface area contributed by atoms with Gasteiger partial charge in [-0.3, -0.25) is 9.59 Å². The summed E-state index contributed by atoms with van der Waals surface area (Å²) in [4.78, 5) is 26.5. The van der Waals surface area contributed by atoms with Gasteiger partial charge in [0.25, 0.3) is 5.91 Å². The van der Waals surface area contributed by atoms with Gasteiger partial charge in [0.2, 0.25) is 5.91 Å². The van der Waals surface area contributed by atoms with Gasteiger partial charge >= 0.3 is 0 Å². The molecule has 1 aliphatic rings. The van der Waals surface area contributed by atoms with Crippen LogP contribution in [-0.2, 0) is 16.1 Å². The van der Waals surface area contributed by atoms with Crippen molar-refractivity contribution in [2.24, 2.45) is 0 Å². The molecule has 5 heteroatoms. The average molecular weight is 366 g/mol. The fraction of sp³-hybridized carbons (Fsp3) is 0.364. The molecule has 2 aromatic rings. The first-order valence-electron chi connectivity index (χ1n) is 9.41.